The molecule has 4 N–H and O–H groups in total. The summed E-state index contributed by atoms with van der Waals surface area (Å²) in [6.07, 6.45) is 5.16. The van der Waals surface area contributed by atoms with Crippen molar-refractivity contribution >= 4 is 34.7 Å². The van der Waals surface area contributed by atoms with E-state index in [4.69, 9.17) is 4.74 Å². The number of benzene rings is 2. The number of likely N-dealkylation sites (N-methyl/N-ethyl adjacent to an activating group) is 1. The highest BCUT2D eigenvalue weighted by atomic mass is 16.5. The Balaban J connectivity index is 1.51. The predicted molar refractivity (Wildman–Crippen MR) is 162 cm³/mol. The molecule has 0 aliphatic carbocycles. The number of rotatable bonds is 6. The summed E-state index contributed by atoms with van der Waals surface area (Å²) in [6, 6.07) is 9.35. The zero-order valence-electron chi connectivity index (χ0n) is 24.9. The molecule has 0 radical (unpaired) electrons. The van der Waals surface area contributed by atoms with Gasteiger partial charge in [0.2, 0.25) is 11.8 Å². The molecule has 0 saturated carbocycles. The highest BCUT2D eigenvalue weighted by Crippen LogP contribution is 2.31. The van der Waals surface area contributed by atoms with E-state index in [0.29, 0.717) is 24.2 Å². The zero-order chi connectivity index (χ0) is 30.9. The Kier molecular flexibility index (Phi) is 8.48. The first-order chi connectivity index (χ1) is 20.5. The van der Waals surface area contributed by atoms with Crippen molar-refractivity contribution in [2.24, 2.45) is 5.92 Å². The Hall–Kier alpha value is -4.35. The lowest BCUT2D eigenvalue weighted by atomic mass is 9.97. The maximum atomic E-state index is 14.3. The number of phenolic OH excluding ortho intramolecular Hbond substituents is 1. The van der Waals surface area contributed by atoms with E-state index in [-0.39, 0.29) is 24.6 Å². The maximum Gasteiger partial charge on any atom is 0.282 e. The van der Waals surface area contributed by atoms with Crippen molar-refractivity contribution < 1.29 is 28.9 Å². The van der Waals surface area contributed by atoms with Gasteiger partial charge in [0.25, 0.3) is 5.91 Å². The summed E-state index contributed by atoms with van der Waals surface area (Å²) < 4.78 is 5.39. The van der Waals surface area contributed by atoms with E-state index >= 15 is 0 Å². The third kappa shape index (κ3) is 6.23. The number of amides is 3. The molecule has 2 aliphatic heterocycles. The summed E-state index contributed by atoms with van der Waals surface area (Å²) in [5.74, 6) is -1.23. The average molecular weight is 590 g/mol. The number of fused-ring (bicyclic) bond motifs is 4. The van der Waals surface area contributed by atoms with Gasteiger partial charge in [0, 0.05) is 48.2 Å². The first-order valence-electron chi connectivity index (χ1n) is 14.6. The number of phenols is 1. The third-order valence-electron chi connectivity index (χ3n) is 8.59. The smallest absolute Gasteiger partial charge is 0.282 e. The molecule has 43 heavy (non-hydrogen) atoms. The van der Waals surface area contributed by atoms with Crippen LogP contribution in [0.2, 0.25) is 0 Å². The predicted octanol–water partition coefficient (Wildman–Crippen LogP) is 3.04. The van der Waals surface area contributed by atoms with Crippen molar-refractivity contribution in [2.45, 2.75) is 57.3 Å². The molecule has 2 aromatic carbocycles. The van der Waals surface area contributed by atoms with Gasteiger partial charge < -0.3 is 40.2 Å². The molecule has 3 heterocycles. The SMILES string of the molecule is CCC(C)[C@@H]1NC(=O)[C@@H]2[C@H](CCN2C(=O)[C@H](Cc2c[nH]c3ccccc23)[N+](C)(C)[O-])Oc2ccc(O)c(c2)/C=C\NC1=O. The van der Waals surface area contributed by atoms with E-state index in [9.17, 15) is 24.7 Å². The van der Waals surface area contributed by atoms with Crippen LogP contribution in [-0.4, -0.2) is 82.2 Å². The van der Waals surface area contributed by atoms with Gasteiger partial charge in [-0.25, -0.2) is 0 Å². The fourth-order valence-electron chi connectivity index (χ4n) is 5.88. The summed E-state index contributed by atoms with van der Waals surface area (Å²) in [4.78, 5) is 46.1. The number of hydroxylamine groups is 3. The first kappa shape index (κ1) is 30.1. The second-order valence-corrected chi connectivity index (χ2v) is 11.9. The van der Waals surface area contributed by atoms with Gasteiger partial charge in [-0.1, -0.05) is 38.5 Å². The Labute approximate surface area is 250 Å². The molecule has 2 aliphatic rings. The van der Waals surface area contributed by atoms with Gasteiger partial charge in [0.05, 0.1) is 14.1 Å². The minimum absolute atomic E-state index is 0.00394. The second-order valence-electron chi connectivity index (χ2n) is 11.9. The number of hydrogen-bond acceptors (Lipinski definition) is 6. The number of ether oxygens (including phenoxy) is 1. The van der Waals surface area contributed by atoms with Crippen LogP contribution in [0, 0.1) is 11.1 Å². The highest BCUT2D eigenvalue weighted by Gasteiger charge is 2.48. The number of aromatic nitrogens is 1. The van der Waals surface area contributed by atoms with Gasteiger partial charge in [0.15, 0.2) is 6.04 Å². The zero-order valence-corrected chi connectivity index (χ0v) is 24.9. The van der Waals surface area contributed by atoms with Crippen molar-refractivity contribution in [3.63, 3.8) is 0 Å². The maximum absolute atomic E-state index is 14.3. The van der Waals surface area contributed by atoms with E-state index in [0.717, 1.165) is 16.5 Å². The first-order valence-corrected chi connectivity index (χ1v) is 14.6. The Morgan fingerprint density at radius 3 is 2.70 bits per heavy atom. The van der Waals surface area contributed by atoms with Crippen LogP contribution in [0.3, 0.4) is 0 Å². The van der Waals surface area contributed by atoms with Gasteiger partial charge in [-0.15, -0.1) is 0 Å². The van der Waals surface area contributed by atoms with Crippen LogP contribution < -0.4 is 15.4 Å². The lowest BCUT2D eigenvalue weighted by Gasteiger charge is -2.43. The average Bonchev–Trinajstić information content (AvgIpc) is 3.58. The lowest BCUT2D eigenvalue weighted by molar-refractivity contribution is -0.857. The Morgan fingerprint density at radius 1 is 1.19 bits per heavy atom. The Bertz CT molecular complexity index is 1540. The number of H-pyrrole nitrogens is 1. The van der Waals surface area contributed by atoms with Crippen LogP contribution in [0.1, 0.15) is 37.8 Å². The summed E-state index contributed by atoms with van der Waals surface area (Å²) in [5.41, 5.74) is 2.16. The lowest BCUT2D eigenvalue weighted by Crippen LogP contribution is -2.61. The highest BCUT2D eigenvalue weighted by molar-refractivity contribution is 5.94. The third-order valence-corrected chi connectivity index (χ3v) is 8.59. The minimum atomic E-state index is -1.09. The normalized spacial score (nSPS) is 23.1. The number of hydrogen-bond donors (Lipinski definition) is 4. The number of aromatic amines is 1. The molecule has 1 unspecified atom stereocenters. The van der Waals surface area contributed by atoms with Crippen LogP contribution in [0.5, 0.6) is 11.5 Å². The monoisotopic (exact) mass is 589 g/mol. The number of nitrogens with zero attached hydrogens (tertiary/aromatic N) is 2. The molecular formula is C32H39N5O6. The van der Waals surface area contributed by atoms with Crippen molar-refractivity contribution in [3.8, 4) is 11.5 Å². The molecule has 5 rings (SSSR count). The van der Waals surface area contributed by atoms with Gasteiger partial charge in [-0.05, 0) is 41.8 Å². The van der Waals surface area contributed by atoms with E-state index in [1.807, 2.05) is 44.3 Å². The second kappa shape index (κ2) is 12.1. The Morgan fingerprint density at radius 2 is 1.95 bits per heavy atom. The summed E-state index contributed by atoms with van der Waals surface area (Å²) in [7, 11) is 2.86. The molecule has 228 valence electrons. The molecule has 11 heteroatoms. The largest absolute Gasteiger partial charge is 0.633 e. The summed E-state index contributed by atoms with van der Waals surface area (Å²) >= 11 is 0. The fraction of sp³-hybridized carbons (Fsp3) is 0.406. The molecule has 1 fully saturated rings. The number of nitrogens with one attached hydrogen (secondary N) is 3. The topological polar surface area (TPSA) is 147 Å². The van der Waals surface area contributed by atoms with Gasteiger partial charge >= 0.3 is 0 Å². The number of quaternary nitrogens is 1. The fourth-order valence-corrected chi connectivity index (χ4v) is 5.88. The molecule has 11 nitrogen and oxygen atoms in total. The number of carbonyl (C=O) groups excluding carboxylic acids is 3. The van der Waals surface area contributed by atoms with Crippen molar-refractivity contribution in [2.75, 3.05) is 20.6 Å². The van der Waals surface area contributed by atoms with Crippen LogP contribution in [-0.2, 0) is 20.8 Å². The van der Waals surface area contributed by atoms with Crippen LogP contribution in [0.25, 0.3) is 17.0 Å². The van der Waals surface area contributed by atoms with Gasteiger partial charge in [0.1, 0.15) is 29.7 Å². The number of aromatic hydroxyl groups is 1. The van der Waals surface area contributed by atoms with Crippen LogP contribution in [0.15, 0.2) is 54.9 Å². The van der Waals surface area contributed by atoms with E-state index in [1.54, 1.807) is 18.2 Å². The molecule has 1 aromatic heterocycles. The number of carbonyl (C=O) groups is 3. The molecule has 3 amide bonds. The standard InChI is InChI=1S/C32H39N5O6/c1-5-19(2)28-30(39)33-14-12-20-16-22(10-11-26(20)38)43-27-13-15-36(29(27)31(40)35-28)32(41)25(37(3,4)42)17-21-18-34-24-9-7-6-8-23(21)24/h6-12,14,16,18-19,25,27-29,34,38H,5,13,15,17H2,1-4H3,(H,33,39)(H,35,40)/b14-12-/t19?,25-,27-,28-,29-/m0/s1. The molecule has 5 atom stereocenters. The minimum Gasteiger partial charge on any atom is -0.633 e. The quantitative estimate of drug-likeness (QED) is 0.257. The molecule has 2 bridgehead atoms. The molecule has 0 spiro atoms. The van der Waals surface area contributed by atoms with E-state index in [2.05, 4.69) is 15.6 Å². The number of likely N-dealkylation sites (tertiary alicyclic amines) is 1. The van der Waals surface area contributed by atoms with E-state index in [1.165, 1.54) is 31.3 Å². The van der Waals surface area contributed by atoms with Gasteiger partial charge in [-0.3, -0.25) is 14.4 Å². The van der Waals surface area contributed by atoms with Gasteiger partial charge in [-0.2, -0.15) is 0 Å². The van der Waals surface area contributed by atoms with Crippen LogP contribution in [0.4, 0.5) is 0 Å². The van der Waals surface area contributed by atoms with Crippen molar-refractivity contribution in [1.29, 1.82) is 0 Å². The van der Waals surface area contributed by atoms with E-state index < -0.39 is 46.6 Å². The van der Waals surface area contributed by atoms with Crippen molar-refractivity contribution in [3.05, 3.63) is 71.2 Å². The summed E-state index contributed by atoms with van der Waals surface area (Å²) in [5, 5.41) is 30.4. The van der Waals surface area contributed by atoms with Crippen molar-refractivity contribution in [1.82, 2.24) is 20.5 Å². The molecular weight excluding hydrogens is 550 g/mol. The molecule has 1 saturated heterocycles. The van der Waals surface area contributed by atoms with Crippen LogP contribution >= 0.6 is 0 Å². The molecule has 3 aromatic rings. The summed E-state index contributed by atoms with van der Waals surface area (Å²) in [6.45, 7) is 3.98. The number of para-hydroxylation sites is 1.